The molecule has 0 bridgehead atoms. The van der Waals surface area contributed by atoms with Gasteiger partial charge in [-0.1, -0.05) is 6.07 Å². The molecule has 0 saturated heterocycles. The number of aliphatic hydroxyl groups excluding tert-OH is 1. The quantitative estimate of drug-likeness (QED) is 0.834. The first-order chi connectivity index (χ1) is 8.61. The molecule has 0 spiro atoms. The van der Waals surface area contributed by atoms with E-state index in [1.807, 2.05) is 0 Å². The van der Waals surface area contributed by atoms with E-state index in [1.165, 1.54) is 4.68 Å². The Morgan fingerprint density at radius 3 is 2.78 bits per heavy atom. The highest BCUT2D eigenvalue weighted by molar-refractivity contribution is 5.91. The molecule has 2 rings (SSSR count). The topological polar surface area (TPSA) is 80.0 Å². The highest BCUT2D eigenvalue weighted by Crippen LogP contribution is 2.12. The predicted octanol–water partition coefficient (Wildman–Crippen LogP) is 0.680. The summed E-state index contributed by atoms with van der Waals surface area (Å²) >= 11 is 0. The van der Waals surface area contributed by atoms with Crippen LogP contribution in [-0.4, -0.2) is 32.8 Å². The van der Waals surface area contributed by atoms with Gasteiger partial charge in [0, 0.05) is 19.4 Å². The van der Waals surface area contributed by atoms with Crippen molar-refractivity contribution < 1.29 is 9.90 Å². The number of carbonyl (C=O) groups excluding carboxylic acids is 1. The zero-order valence-corrected chi connectivity index (χ0v) is 10.2. The molecule has 1 amide bonds. The number of carbonyl (C=O) groups is 1. The molecule has 0 aliphatic carbocycles. The molecule has 0 fully saturated rings. The monoisotopic (exact) mass is 246 g/mol. The molecular weight excluding hydrogens is 232 g/mol. The molecule has 2 N–H and O–H groups in total. The highest BCUT2D eigenvalue weighted by Gasteiger charge is 2.09. The maximum absolute atomic E-state index is 11.4. The predicted molar refractivity (Wildman–Crippen MR) is 65.4 cm³/mol. The van der Waals surface area contributed by atoms with E-state index in [2.05, 4.69) is 15.4 Å². The first-order valence-electron chi connectivity index (χ1n) is 5.54. The SMILES string of the molecule is CNC(=O)c1ccn(-c2ccc([C@H](C)O)cn2)n1. The number of nitrogens with one attached hydrogen (secondary N) is 1. The smallest absolute Gasteiger partial charge is 0.271 e. The molecule has 0 unspecified atom stereocenters. The summed E-state index contributed by atoms with van der Waals surface area (Å²) < 4.78 is 1.51. The number of rotatable bonds is 3. The van der Waals surface area contributed by atoms with Crippen molar-refractivity contribution in [2.45, 2.75) is 13.0 Å². The average Bonchev–Trinajstić information content (AvgIpc) is 2.87. The van der Waals surface area contributed by atoms with Gasteiger partial charge in [-0.25, -0.2) is 9.67 Å². The van der Waals surface area contributed by atoms with Gasteiger partial charge >= 0.3 is 0 Å². The highest BCUT2D eigenvalue weighted by atomic mass is 16.3. The molecular formula is C12H14N4O2. The summed E-state index contributed by atoms with van der Waals surface area (Å²) in [4.78, 5) is 15.5. The van der Waals surface area contributed by atoms with Crippen molar-refractivity contribution in [1.82, 2.24) is 20.1 Å². The fourth-order valence-electron chi connectivity index (χ4n) is 1.48. The summed E-state index contributed by atoms with van der Waals surface area (Å²) in [6.45, 7) is 1.67. The molecule has 1 atom stereocenters. The molecule has 2 aromatic rings. The van der Waals surface area contributed by atoms with E-state index in [0.29, 0.717) is 11.5 Å². The van der Waals surface area contributed by atoms with E-state index in [9.17, 15) is 9.90 Å². The fourth-order valence-corrected chi connectivity index (χ4v) is 1.48. The molecule has 0 aromatic carbocycles. The van der Waals surface area contributed by atoms with Gasteiger partial charge in [-0.3, -0.25) is 4.79 Å². The van der Waals surface area contributed by atoms with Crippen molar-refractivity contribution in [2.75, 3.05) is 7.05 Å². The largest absolute Gasteiger partial charge is 0.389 e. The van der Waals surface area contributed by atoms with Gasteiger partial charge in [0.2, 0.25) is 0 Å². The lowest BCUT2D eigenvalue weighted by atomic mass is 10.2. The van der Waals surface area contributed by atoms with Crippen molar-refractivity contribution >= 4 is 5.91 Å². The lowest BCUT2D eigenvalue weighted by Gasteiger charge is -2.05. The average molecular weight is 246 g/mol. The van der Waals surface area contributed by atoms with Gasteiger partial charge in [-0.05, 0) is 24.6 Å². The van der Waals surface area contributed by atoms with E-state index in [-0.39, 0.29) is 5.91 Å². The Hall–Kier alpha value is -2.21. The third-order valence-corrected chi connectivity index (χ3v) is 2.54. The Balaban J connectivity index is 2.26. The van der Waals surface area contributed by atoms with Crippen LogP contribution in [0.1, 0.15) is 29.1 Å². The number of hydrogen-bond donors (Lipinski definition) is 2. The van der Waals surface area contributed by atoms with E-state index in [0.717, 1.165) is 5.56 Å². The van der Waals surface area contributed by atoms with Crippen LogP contribution < -0.4 is 5.32 Å². The lowest BCUT2D eigenvalue weighted by Crippen LogP contribution is -2.18. The van der Waals surface area contributed by atoms with E-state index < -0.39 is 6.10 Å². The third kappa shape index (κ3) is 2.38. The summed E-state index contributed by atoms with van der Waals surface area (Å²) in [6.07, 6.45) is 2.70. The number of amides is 1. The summed E-state index contributed by atoms with van der Waals surface area (Å²) in [7, 11) is 1.55. The number of hydrogen-bond acceptors (Lipinski definition) is 4. The second-order valence-electron chi connectivity index (χ2n) is 3.85. The van der Waals surface area contributed by atoms with Crippen LogP contribution >= 0.6 is 0 Å². The lowest BCUT2D eigenvalue weighted by molar-refractivity contribution is 0.0957. The molecule has 0 saturated carbocycles. The van der Waals surface area contributed by atoms with Gasteiger partial charge in [0.15, 0.2) is 11.5 Å². The van der Waals surface area contributed by atoms with Crippen molar-refractivity contribution in [3.63, 3.8) is 0 Å². The molecule has 0 aliphatic rings. The van der Waals surface area contributed by atoms with Crippen LogP contribution in [0.3, 0.4) is 0 Å². The van der Waals surface area contributed by atoms with Crippen LogP contribution in [0.25, 0.3) is 5.82 Å². The number of aromatic nitrogens is 3. The molecule has 6 nitrogen and oxygen atoms in total. The van der Waals surface area contributed by atoms with E-state index in [1.54, 1.807) is 44.6 Å². The maximum atomic E-state index is 11.4. The minimum Gasteiger partial charge on any atom is -0.389 e. The van der Waals surface area contributed by atoms with Gasteiger partial charge in [0.25, 0.3) is 5.91 Å². The van der Waals surface area contributed by atoms with Crippen LogP contribution in [-0.2, 0) is 0 Å². The summed E-state index contributed by atoms with van der Waals surface area (Å²) in [5, 5.41) is 16.0. The van der Waals surface area contributed by atoms with Crippen LogP contribution in [0.2, 0.25) is 0 Å². The van der Waals surface area contributed by atoms with E-state index in [4.69, 9.17) is 0 Å². The number of pyridine rings is 1. The van der Waals surface area contributed by atoms with Crippen molar-refractivity contribution in [3.05, 3.63) is 41.9 Å². The molecule has 6 heteroatoms. The Kier molecular flexibility index (Phi) is 3.38. The van der Waals surface area contributed by atoms with Crippen LogP contribution in [0.4, 0.5) is 0 Å². The molecule has 94 valence electrons. The van der Waals surface area contributed by atoms with E-state index >= 15 is 0 Å². The molecule has 0 radical (unpaired) electrons. The first kappa shape index (κ1) is 12.3. The Morgan fingerprint density at radius 1 is 1.44 bits per heavy atom. The molecule has 0 aliphatic heterocycles. The molecule has 2 aromatic heterocycles. The van der Waals surface area contributed by atoms with Gasteiger partial charge in [0.05, 0.1) is 6.10 Å². The van der Waals surface area contributed by atoms with Crippen molar-refractivity contribution in [3.8, 4) is 5.82 Å². The molecule has 18 heavy (non-hydrogen) atoms. The minimum absolute atomic E-state index is 0.241. The minimum atomic E-state index is -0.550. The maximum Gasteiger partial charge on any atom is 0.271 e. The standard InChI is InChI=1S/C12H14N4O2/c1-8(17)9-3-4-11(14-7-9)16-6-5-10(15-16)12(18)13-2/h3-8,17H,1-2H3,(H,13,18)/t8-/m0/s1. The van der Waals surface area contributed by atoms with Crippen molar-refractivity contribution in [2.24, 2.45) is 0 Å². The van der Waals surface area contributed by atoms with Gasteiger partial charge in [-0.15, -0.1) is 0 Å². The fraction of sp³-hybridized carbons (Fsp3) is 0.250. The number of nitrogens with zero attached hydrogens (tertiary/aromatic N) is 3. The summed E-state index contributed by atoms with van der Waals surface area (Å²) in [6, 6.07) is 5.13. The van der Waals surface area contributed by atoms with Crippen LogP contribution in [0, 0.1) is 0 Å². The first-order valence-corrected chi connectivity index (χ1v) is 5.54. The van der Waals surface area contributed by atoms with Crippen LogP contribution in [0.15, 0.2) is 30.6 Å². The second-order valence-corrected chi connectivity index (χ2v) is 3.85. The molecule has 2 heterocycles. The van der Waals surface area contributed by atoms with Gasteiger partial charge in [-0.2, -0.15) is 5.10 Å². The van der Waals surface area contributed by atoms with Gasteiger partial charge in [0.1, 0.15) is 0 Å². The Bertz CT molecular complexity index is 545. The summed E-state index contributed by atoms with van der Waals surface area (Å²) in [5.74, 6) is 0.351. The zero-order chi connectivity index (χ0) is 13.1. The third-order valence-electron chi connectivity index (χ3n) is 2.54. The van der Waals surface area contributed by atoms with Gasteiger partial charge < -0.3 is 10.4 Å². The summed E-state index contributed by atoms with van der Waals surface area (Å²) in [5.41, 5.74) is 1.07. The number of aliphatic hydroxyl groups is 1. The Labute approximate surface area is 104 Å². The van der Waals surface area contributed by atoms with Crippen molar-refractivity contribution in [1.29, 1.82) is 0 Å². The zero-order valence-electron chi connectivity index (χ0n) is 10.2. The second kappa shape index (κ2) is 4.97. The Morgan fingerprint density at radius 2 is 2.22 bits per heavy atom. The normalized spacial score (nSPS) is 12.2. The van der Waals surface area contributed by atoms with Crippen LogP contribution in [0.5, 0.6) is 0 Å².